The molecule has 0 saturated carbocycles. The SMILES string of the molecule is Cc1cc(Oc2ccc(Br)cc2CN)ccc1F. The highest BCUT2D eigenvalue weighted by atomic mass is 79.9. The second kappa shape index (κ2) is 5.50. The lowest BCUT2D eigenvalue weighted by Crippen LogP contribution is -1.99. The fraction of sp³-hybridized carbons (Fsp3) is 0.143. The van der Waals surface area contributed by atoms with Crippen LogP contribution in [0.2, 0.25) is 0 Å². The van der Waals surface area contributed by atoms with Gasteiger partial charge in [0.05, 0.1) is 0 Å². The van der Waals surface area contributed by atoms with E-state index in [9.17, 15) is 4.39 Å². The van der Waals surface area contributed by atoms with Gasteiger partial charge in [-0.05, 0) is 48.9 Å². The number of halogens is 2. The maximum Gasteiger partial charge on any atom is 0.131 e. The summed E-state index contributed by atoms with van der Waals surface area (Å²) in [6.45, 7) is 2.09. The van der Waals surface area contributed by atoms with Gasteiger partial charge < -0.3 is 10.5 Å². The van der Waals surface area contributed by atoms with Crippen LogP contribution >= 0.6 is 15.9 Å². The van der Waals surface area contributed by atoms with Crippen LogP contribution in [0.5, 0.6) is 11.5 Å². The van der Waals surface area contributed by atoms with Gasteiger partial charge in [0.25, 0.3) is 0 Å². The first-order valence-corrected chi connectivity index (χ1v) is 6.32. The Labute approximate surface area is 114 Å². The van der Waals surface area contributed by atoms with E-state index in [0.717, 1.165) is 10.0 Å². The minimum atomic E-state index is -0.239. The van der Waals surface area contributed by atoms with Gasteiger partial charge in [-0.3, -0.25) is 0 Å². The Bertz CT molecular complexity index is 572. The first kappa shape index (κ1) is 13.1. The number of ether oxygens (including phenoxy) is 1. The molecule has 2 rings (SSSR count). The Balaban J connectivity index is 2.30. The van der Waals surface area contributed by atoms with E-state index in [4.69, 9.17) is 10.5 Å². The molecule has 0 aliphatic rings. The lowest BCUT2D eigenvalue weighted by molar-refractivity contribution is 0.473. The molecule has 2 N–H and O–H groups in total. The third kappa shape index (κ3) is 2.89. The van der Waals surface area contributed by atoms with Crippen LogP contribution in [0.15, 0.2) is 40.9 Å². The standard InChI is InChI=1S/C14H13BrFNO/c1-9-6-12(3-4-13(9)16)18-14-5-2-11(15)7-10(14)8-17/h2-7H,8,17H2,1H3. The van der Waals surface area contributed by atoms with E-state index in [1.54, 1.807) is 19.1 Å². The number of aryl methyl sites for hydroxylation is 1. The summed E-state index contributed by atoms with van der Waals surface area (Å²) in [5, 5.41) is 0. The van der Waals surface area contributed by atoms with Crippen molar-refractivity contribution in [2.75, 3.05) is 0 Å². The van der Waals surface area contributed by atoms with Crippen molar-refractivity contribution < 1.29 is 9.13 Å². The van der Waals surface area contributed by atoms with Gasteiger partial charge in [0.1, 0.15) is 17.3 Å². The maximum atomic E-state index is 13.2. The van der Waals surface area contributed by atoms with E-state index in [0.29, 0.717) is 23.6 Å². The van der Waals surface area contributed by atoms with Crippen molar-refractivity contribution in [1.29, 1.82) is 0 Å². The van der Waals surface area contributed by atoms with Crippen molar-refractivity contribution in [3.63, 3.8) is 0 Å². The molecule has 4 heteroatoms. The molecule has 0 spiro atoms. The van der Waals surface area contributed by atoms with Gasteiger partial charge >= 0.3 is 0 Å². The molecule has 0 saturated heterocycles. The third-order valence-corrected chi connectivity index (χ3v) is 3.09. The van der Waals surface area contributed by atoms with Crippen LogP contribution in [0.3, 0.4) is 0 Å². The summed E-state index contributed by atoms with van der Waals surface area (Å²) < 4.78 is 19.8. The molecule has 0 atom stereocenters. The predicted molar refractivity (Wildman–Crippen MR) is 73.2 cm³/mol. The highest BCUT2D eigenvalue weighted by Gasteiger charge is 2.06. The Hall–Kier alpha value is -1.39. The van der Waals surface area contributed by atoms with Gasteiger partial charge in [-0.1, -0.05) is 15.9 Å². The zero-order chi connectivity index (χ0) is 13.1. The molecule has 2 nitrogen and oxygen atoms in total. The molecule has 0 aliphatic carbocycles. The highest BCUT2D eigenvalue weighted by molar-refractivity contribution is 9.10. The predicted octanol–water partition coefficient (Wildman–Crippen LogP) is 4.15. The average Bonchev–Trinajstić information content (AvgIpc) is 2.36. The second-order valence-corrected chi connectivity index (χ2v) is 4.88. The second-order valence-electron chi connectivity index (χ2n) is 3.97. The number of nitrogens with two attached hydrogens (primary N) is 1. The number of rotatable bonds is 3. The number of hydrogen-bond donors (Lipinski definition) is 1. The molecular weight excluding hydrogens is 297 g/mol. The summed E-state index contributed by atoms with van der Waals surface area (Å²) >= 11 is 3.38. The van der Waals surface area contributed by atoms with Crippen molar-refractivity contribution in [2.24, 2.45) is 5.73 Å². The normalized spacial score (nSPS) is 10.4. The van der Waals surface area contributed by atoms with Crippen LogP contribution in [0.1, 0.15) is 11.1 Å². The molecule has 0 aliphatic heterocycles. The van der Waals surface area contributed by atoms with Gasteiger partial charge in [-0.25, -0.2) is 4.39 Å². The first-order valence-electron chi connectivity index (χ1n) is 5.52. The van der Waals surface area contributed by atoms with Crippen molar-refractivity contribution in [1.82, 2.24) is 0 Å². The molecule has 0 radical (unpaired) electrons. The number of benzene rings is 2. The minimum Gasteiger partial charge on any atom is -0.457 e. The summed E-state index contributed by atoms with van der Waals surface area (Å²) in [6, 6.07) is 10.3. The molecule has 0 amide bonds. The molecule has 94 valence electrons. The Morgan fingerprint density at radius 2 is 2.00 bits per heavy atom. The lowest BCUT2D eigenvalue weighted by Gasteiger charge is -2.11. The zero-order valence-corrected chi connectivity index (χ0v) is 11.5. The van der Waals surface area contributed by atoms with Crippen LogP contribution in [0, 0.1) is 12.7 Å². The summed E-state index contributed by atoms with van der Waals surface area (Å²) in [5.74, 6) is 1.05. The molecule has 0 aromatic heterocycles. The smallest absolute Gasteiger partial charge is 0.131 e. The summed E-state index contributed by atoms with van der Waals surface area (Å²) in [4.78, 5) is 0. The average molecular weight is 310 g/mol. The van der Waals surface area contributed by atoms with Gasteiger partial charge in [-0.2, -0.15) is 0 Å². The zero-order valence-electron chi connectivity index (χ0n) is 9.91. The number of hydrogen-bond acceptors (Lipinski definition) is 2. The topological polar surface area (TPSA) is 35.2 Å². The molecule has 0 unspecified atom stereocenters. The monoisotopic (exact) mass is 309 g/mol. The molecule has 0 heterocycles. The van der Waals surface area contributed by atoms with E-state index in [1.165, 1.54) is 6.07 Å². The van der Waals surface area contributed by atoms with E-state index < -0.39 is 0 Å². The summed E-state index contributed by atoms with van der Waals surface area (Å²) in [5.41, 5.74) is 7.12. The minimum absolute atomic E-state index is 0.239. The van der Waals surface area contributed by atoms with Gasteiger partial charge in [0, 0.05) is 16.6 Å². The van der Waals surface area contributed by atoms with Crippen LogP contribution in [-0.4, -0.2) is 0 Å². The van der Waals surface area contributed by atoms with Crippen LogP contribution in [0.25, 0.3) is 0 Å². The fourth-order valence-corrected chi connectivity index (χ4v) is 2.02. The maximum absolute atomic E-state index is 13.2. The van der Waals surface area contributed by atoms with Crippen molar-refractivity contribution >= 4 is 15.9 Å². The summed E-state index contributed by atoms with van der Waals surface area (Å²) in [7, 11) is 0. The van der Waals surface area contributed by atoms with Gasteiger partial charge in [-0.15, -0.1) is 0 Å². The lowest BCUT2D eigenvalue weighted by atomic mass is 10.2. The van der Waals surface area contributed by atoms with Crippen LogP contribution in [0.4, 0.5) is 4.39 Å². The molecule has 0 fully saturated rings. The molecule has 2 aromatic carbocycles. The van der Waals surface area contributed by atoms with Crippen molar-refractivity contribution in [3.05, 3.63) is 57.8 Å². The van der Waals surface area contributed by atoms with E-state index >= 15 is 0 Å². The Kier molecular flexibility index (Phi) is 3.99. The molecular formula is C14H13BrFNO. The van der Waals surface area contributed by atoms with E-state index in [1.807, 2.05) is 18.2 Å². The fourth-order valence-electron chi connectivity index (χ4n) is 1.61. The Morgan fingerprint density at radius 1 is 1.22 bits per heavy atom. The Morgan fingerprint density at radius 3 is 2.67 bits per heavy atom. The molecule has 2 aromatic rings. The first-order chi connectivity index (χ1) is 8.60. The van der Waals surface area contributed by atoms with Gasteiger partial charge in [0.15, 0.2) is 0 Å². The van der Waals surface area contributed by atoms with E-state index in [-0.39, 0.29) is 5.82 Å². The van der Waals surface area contributed by atoms with E-state index in [2.05, 4.69) is 15.9 Å². The largest absolute Gasteiger partial charge is 0.457 e. The van der Waals surface area contributed by atoms with Crippen LogP contribution < -0.4 is 10.5 Å². The van der Waals surface area contributed by atoms with Crippen molar-refractivity contribution in [3.8, 4) is 11.5 Å². The molecule has 0 bridgehead atoms. The quantitative estimate of drug-likeness (QED) is 0.924. The third-order valence-electron chi connectivity index (χ3n) is 2.60. The summed E-state index contributed by atoms with van der Waals surface area (Å²) in [6.07, 6.45) is 0. The molecule has 18 heavy (non-hydrogen) atoms. The van der Waals surface area contributed by atoms with Gasteiger partial charge in [0.2, 0.25) is 0 Å². The highest BCUT2D eigenvalue weighted by Crippen LogP contribution is 2.28. The van der Waals surface area contributed by atoms with Crippen molar-refractivity contribution in [2.45, 2.75) is 13.5 Å². The van der Waals surface area contributed by atoms with Crippen LogP contribution in [-0.2, 0) is 6.54 Å².